The van der Waals surface area contributed by atoms with Crippen molar-refractivity contribution >= 4 is 11.0 Å². The topological polar surface area (TPSA) is 130 Å². The van der Waals surface area contributed by atoms with Crippen LogP contribution in [0.4, 0.5) is 0 Å². The molecule has 130 valence electrons. The van der Waals surface area contributed by atoms with Crippen LogP contribution in [0.1, 0.15) is 0 Å². The predicted octanol–water partition coefficient (Wildman–Crippen LogP) is 2.30. The molecule has 3 rings (SSSR count). The lowest BCUT2D eigenvalue weighted by atomic mass is 10.1. The molecule has 0 fully saturated rings. The fourth-order valence-corrected chi connectivity index (χ4v) is 2.50. The zero-order valence-electron chi connectivity index (χ0n) is 13.2. The van der Waals surface area contributed by atoms with Crippen LogP contribution in [0.25, 0.3) is 22.3 Å². The van der Waals surface area contributed by atoms with Gasteiger partial charge < -0.3 is 34.3 Å². The summed E-state index contributed by atoms with van der Waals surface area (Å²) in [6, 6.07) is 6.32. The van der Waals surface area contributed by atoms with Gasteiger partial charge >= 0.3 is 0 Å². The summed E-state index contributed by atoms with van der Waals surface area (Å²) in [6.45, 7) is 0. The van der Waals surface area contributed by atoms with Crippen molar-refractivity contribution in [3.05, 3.63) is 34.5 Å². The second-order valence-corrected chi connectivity index (χ2v) is 5.12. The molecule has 4 N–H and O–H groups in total. The van der Waals surface area contributed by atoms with Gasteiger partial charge in [-0.05, 0) is 12.1 Å². The van der Waals surface area contributed by atoms with E-state index in [1.807, 2.05) is 0 Å². The van der Waals surface area contributed by atoms with Crippen LogP contribution in [-0.2, 0) is 0 Å². The summed E-state index contributed by atoms with van der Waals surface area (Å²) >= 11 is 0. The van der Waals surface area contributed by atoms with E-state index in [0.717, 1.165) is 7.11 Å². The Labute approximate surface area is 140 Å². The van der Waals surface area contributed by atoms with E-state index in [4.69, 9.17) is 13.9 Å². The van der Waals surface area contributed by atoms with Gasteiger partial charge in [0.2, 0.25) is 28.4 Å². The Hall–Kier alpha value is -3.55. The smallest absolute Gasteiger partial charge is 0.239 e. The molecule has 2 aromatic carbocycles. The van der Waals surface area contributed by atoms with Gasteiger partial charge in [-0.25, -0.2) is 0 Å². The first kappa shape index (κ1) is 16.3. The highest BCUT2D eigenvalue weighted by Gasteiger charge is 2.27. The van der Waals surface area contributed by atoms with Crippen molar-refractivity contribution < 1.29 is 34.3 Å². The van der Waals surface area contributed by atoms with E-state index in [9.17, 15) is 25.2 Å². The Bertz CT molecular complexity index is 1040. The van der Waals surface area contributed by atoms with Crippen molar-refractivity contribution in [2.45, 2.75) is 0 Å². The number of ether oxygens (including phenoxy) is 2. The normalized spacial score (nSPS) is 10.8. The SMILES string of the molecule is COc1cccc(-c2oc3c(O)c(O)c(OC)c(O)c3c(=O)c2O)c1. The number of hydrogen-bond acceptors (Lipinski definition) is 8. The Kier molecular flexibility index (Phi) is 3.80. The summed E-state index contributed by atoms with van der Waals surface area (Å²) in [5.41, 5.74) is -1.19. The van der Waals surface area contributed by atoms with Crippen LogP contribution in [0.3, 0.4) is 0 Å². The average Bonchev–Trinajstić information content (AvgIpc) is 2.62. The summed E-state index contributed by atoms with van der Waals surface area (Å²) in [4.78, 5) is 12.5. The lowest BCUT2D eigenvalue weighted by molar-refractivity contribution is 0.329. The molecule has 1 heterocycles. The first-order chi connectivity index (χ1) is 11.9. The van der Waals surface area contributed by atoms with E-state index in [-0.39, 0.29) is 5.76 Å². The molecule has 0 unspecified atom stereocenters. The van der Waals surface area contributed by atoms with Crippen LogP contribution in [0.15, 0.2) is 33.5 Å². The molecule has 0 aliphatic heterocycles. The minimum atomic E-state index is -0.995. The quantitative estimate of drug-likeness (QED) is 0.420. The summed E-state index contributed by atoms with van der Waals surface area (Å²) in [5.74, 6) is -3.44. The van der Waals surface area contributed by atoms with Gasteiger partial charge in [0, 0.05) is 5.56 Å². The largest absolute Gasteiger partial charge is 0.504 e. The minimum Gasteiger partial charge on any atom is -0.504 e. The van der Waals surface area contributed by atoms with Gasteiger partial charge in [0.25, 0.3) is 0 Å². The van der Waals surface area contributed by atoms with Crippen molar-refractivity contribution in [1.82, 2.24) is 0 Å². The predicted molar refractivity (Wildman–Crippen MR) is 87.7 cm³/mol. The van der Waals surface area contributed by atoms with Crippen molar-refractivity contribution in [3.63, 3.8) is 0 Å². The molecule has 8 nitrogen and oxygen atoms in total. The number of phenols is 3. The summed E-state index contributed by atoms with van der Waals surface area (Å²) < 4.78 is 15.3. The van der Waals surface area contributed by atoms with E-state index in [0.29, 0.717) is 11.3 Å². The van der Waals surface area contributed by atoms with E-state index < -0.39 is 45.1 Å². The van der Waals surface area contributed by atoms with Crippen molar-refractivity contribution in [3.8, 4) is 45.8 Å². The lowest BCUT2D eigenvalue weighted by Crippen LogP contribution is -2.04. The lowest BCUT2D eigenvalue weighted by Gasteiger charge is -2.12. The van der Waals surface area contributed by atoms with Crippen molar-refractivity contribution in [1.29, 1.82) is 0 Å². The highest BCUT2D eigenvalue weighted by molar-refractivity contribution is 5.96. The van der Waals surface area contributed by atoms with Gasteiger partial charge in [-0.1, -0.05) is 12.1 Å². The number of rotatable bonds is 3. The number of fused-ring (bicyclic) bond motifs is 1. The summed E-state index contributed by atoms with van der Waals surface area (Å²) in [6.07, 6.45) is 0. The van der Waals surface area contributed by atoms with Crippen LogP contribution >= 0.6 is 0 Å². The molecular formula is C17H14O8. The highest BCUT2D eigenvalue weighted by Crippen LogP contribution is 2.49. The average molecular weight is 346 g/mol. The highest BCUT2D eigenvalue weighted by atomic mass is 16.5. The number of hydrogen-bond donors (Lipinski definition) is 4. The Morgan fingerprint density at radius 3 is 2.28 bits per heavy atom. The van der Waals surface area contributed by atoms with Gasteiger partial charge in [-0.15, -0.1) is 0 Å². The molecule has 25 heavy (non-hydrogen) atoms. The standard InChI is InChI=1S/C17H14O8/c1-23-8-5-3-4-7(6-8)15-12(20)10(18)9-11(19)17(24-2)14(22)13(21)16(9)25-15/h3-6,19-22H,1-2H3. The molecule has 0 radical (unpaired) electrons. The van der Waals surface area contributed by atoms with E-state index in [1.165, 1.54) is 13.2 Å². The molecule has 8 heteroatoms. The van der Waals surface area contributed by atoms with Crippen LogP contribution < -0.4 is 14.9 Å². The fraction of sp³-hybridized carbons (Fsp3) is 0.118. The van der Waals surface area contributed by atoms with E-state index in [2.05, 4.69) is 0 Å². The third-order valence-electron chi connectivity index (χ3n) is 3.73. The maximum atomic E-state index is 12.5. The number of aromatic hydroxyl groups is 4. The maximum absolute atomic E-state index is 12.5. The van der Waals surface area contributed by atoms with Crippen LogP contribution in [0.2, 0.25) is 0 Å². The van der Waals surface area contributed by atoms with Gasteiger partial charge in [-0.2, -0.15) is 0 Å². The number of benzene rings is 2. The molecule has 0 bridgehead atoms. The van der Waals surface area contributed by atoms with E-state index in [1.54, 1.807) is 18.2 Å². The zero-order chi connectivity index (χ0) is 18.3. The molecule has 0 aliphatic carbocycles. The molecule has 0 saturated carbocycles. The Morgan fingerprint density at radius 2 is 1.64 bits per heavy atom. The monoisotopic (exact) mass is 346 g/mol. The second kappa shape index (κ2) is 5.82. The summed E-state index contributed by atoms with van der Waals surface area (Å²) in [7, 11) is 2.58. The molecule has 3 aromatic rings. The second-order valence-electron chi connectivity index (χ2n) is 5.12. The van der Waals surface area contributed by atoms with Crippen molar-refractivity contribution in [2.24, 2.45) is 0 Å². The fourth-order valence-electron chi connectivity index (χ4n) is 2.50. The molecule has 0 amide bonds. The van der Waals surface area contributed by atoms with Gasteiger partial charge in [-0.3, -0.25) is 4.79 Å². The molecule has 0 spiro atoms. The van der Waals surface area contributed by atoms with Crippen LogP contribution in [0.5, 0.6) is 34.5 Å². The molecule has 1 aromatic heterocycles. The Balaban J connectivity index is 2.43. The summed E-state index contributed by atoms with van der Waals surface area (Å²) in [5, 5.41) is 39.8. The van der Waals surface area contributed by atoms with E-state index >= 15 is 0 Å². The first-order valence-corrected chi connectivity index (χ1v) is 7.05. The van der Waals surface area contributed by atoms with Crippen molar-refractivity contribution in [2.75, 3.05) is 14.2 Å². The first-order valence-electron chi connectivity index (χ1n) is 7.05. The molecule has 0 atom stereocenters. The van der Waals surface area contributed by atoms with Crippen LogP contribution in [0, 0.1) is 0 Å². The van der Waals surface area contributed by atoms with Gasteiger partial charge in [0.05, 0.1) is 14.2 Å². The number of methoxy groups -OCH3 is 2. The third-order valence-corrected chi connectivity index (χ3v) is 3.73. The van der Waals surface area contributed by atoms with Gasteiger partial charge in [0.1, 0.15) is 11.1 Å². The third kappa shape index (κ3) is 2.35. The van der Waals surface area contributed by atoms with Crippen LogP contribution in [-0.4, -0.2) is 34.6 Å². The molecule has 0 aliphatic rings. The zero-order valence-corrected chi connectivity index (χ0v) is 13.2. The molecular weight excluding hydrogens is 332 g/mol. The van der Waals surface area contributed by atoms with Gasteiger partial charge in [0.15, 0.2) is 17.1 Å². The molecule has 0 saturated heterocycles. The minimum absolute atomic E-state index is 0.254. The maximum Gasteiger partial charge on any atom is 0.239 e. The Morgan fingerprint density at radius 1 is 0.920 bits per heavy atom. The number of phenolic OH excluding ortho intramolecular Hbond substituents is 3.